The highest BCUT2D eigenvalue weighted by molar-refractivity contribution is 6.01. The monoisotopic (exact) mass is 259 g/mol. The van der Waals surface area contributed by atoms with E-state index in [9.17, 15) is 19.5 Å². The van der Waals surface area contributed by atoms with Gasteiger partial charge in [0.05, 0.1) is 6.61 Å². The van der Waals surface area contributed by atoms with E-state index in [4.69, 9.17) is 9.84 Å². The molecule has 0 unspecified atom stereocenters. The number of hydrogen-bond donors (Lipinski definition) is 2. The summed E-state index contributed by atoms with van der Waals surface area (Å²) in [6, 6.07) is 0. The molecule has 0 radical (unpaired) electrons. The van der Waals surface area contributed by atoms with Crippen LogP contribution in [0.2, 0.25) is 0 Å². The van der Waals surface area contributed by atoms with Crippen LogP contribution in [0.15, 0.2) is 0 Å². The number of aliphatic carboxylic acids is 1. The lowest BCUT2D eigenvalue weighted by Crippen LogP contribution is -2.57. The van der Waals surface area contributed by atoms with Gasteiger partial charge >= 0.3 is 12.1 Å². The summed E-state index contributed by atoms with van der Waals surface area (Å²) in [5.41, 5.74) is -2.75. The second kappa shape index (κ2) is 4.56. The molecular weight excluding hydrogens is 242 g/mol. The van der Waals surface area contributed by atoms with Crippen molar-refractivity contribution in [1.82, 2.24) is 4.90 Å². The Morgan fingerprint density at radius 3 is 2.39 bits per heavy atom. The third-order valence-electron chi connectivity index (χ3n) is 2.67. The Morgan fingerprint density at radius 1 is 1.44 bits per heavy atom. The second-order valence-electron chi connectivity index (χ2n) is 5.20. The fraction of sp³-hybridized carbons (Fsp3) is 0.727. The smallest absolute Gasteiger partial charge is 0.418 e. The molecule has 7 nitrogen and oxygen atoms in total. The number of amides is 2. The van der Waals surface area contributed by atoms with Crippen LogP contribution in [0, 0.1) is 0 Å². The van der Waals surface area contributed by atoms with Crippen LogP contribution in [0.3, 0.4) is 0 Å². The van der Waals surface area contributed by atoms with E-state index in [2.05, 4.69) is 0 Å². The van der Waals surface area contributed by atoms with E-state index in [1.54, 1.807) is 20.8 Å². The number of nitrogens with zero attached hydrogens (tertiary/aromatic N) is 1. The predicted octanol–water partition coefficient (Wildman–Crippen LogP) is 0.360. The Labute approximate surface area is 104 Å². The van der Waals surface area contributed by atoms with Crippen molar-refractivity contribution in [1.29, 1.82) is 0 Å². The lowest BCUT2D eigenvalue weighted by Gasteiger charge is -2.32. The Balaban J connectivity index is 3.06. The van der Waals surface area contributed by atoms with Crippen LogP contribution in [0.25, 0.3) is 0 Å². The molecule has 18 heavy (non-hydrogen) atoms. The number of imide groups is 1. The minimum absolute atomic E-state index is 0.105. The van der Waals surface area contributed by atoms with Crippen LogP contribution < -0.4 is 0 Å². The Morgan fingerprint density at radius 2 is 2.00 bits per heavy atom. The van der Waals surface area contributed by atoms with Gasteiger partial charge in [-0.05, 0) is 27.2 Å². The number of rotatable bonds is 2. The topological polar surface area (TPSA) is 104 Å². The van der Waals surface area contributed by atoms with Gasteiger partial charge in [-0.15, -0.1) is 0 Å². The predicted molar refractivity (Wildman–Crippen MR) is 59.8 cm³/mol. The van der Waals surface area contributed by atoms with Crippen molar-refractivity contribution in [2.45, 2.75) is 44.8 Å². The van der Waals surface area contributed by atoms with E-state index in [0.29, 0.717) is 4.90 Å². The van der Waals surface area contributed by atoms with E-state index in [0.717, 1.165) is 0 Å². The van der Waals surface area contributed by atoms with E-state index in [1.807, 2.05) is 0 Å². The molecule has 2 amide bonds. The summed E-state index contributed by atoms with van der Waals surface area (Å²) in [6.45, 7) is 3.99. The molecule has 0 aromatic carbocycles. The molecule has 1 aliphatic rings. The molecule has 2 N–H and O–H groups in total. The van der Waals surface area contributed by atoms with Gasteiger partial charge in [-0.25, -0.2) is 14.5 Å². The van der Waals surface area contributed by atoms with Crippen LogP contribution in [0.1, 0.15) is 33.6 Å². The average molecular weight is 259 g/mol. The molecule has 0 spiro atoms. The number of ether oxygens (including phenoxy) is 1. The number of likely N-dealkylation sites (tertiary alicyclic amines) is 1. The van der Waals surface area contributed by atoms with Gasteiger partial charge in [0.15, 0.2) is 5.54 Å². The maximum atomic E-state index is 11.9. The molecule has 1 saturated heterocycles. The third-order valence-corrected chi connectivity index (χ3v) is 2.67. The highest BCUT2D eigenvalue weighted by Gasteiger charge is 2.55. The van der Waals surface area contributed by atoms with Gasteiger partial charge in [0.2, 0.25) is 5.91 Å². The van der Waals surface area contributed by atoms with Crippen molar-refractivity contribution in [2.75, 3.05) is 6.61 Å². The molecule has 0 aromatic heterocycles. The summed E-state index contributed by atoms with van der Waals surface area (Å²) in [5, 5.41) is 18.4. The number of carboxylic acids is 1. The van der Waals surface area contributed by atoms with Crippen molar-refractivity contribution >= 4 is 18.0 Å². The van der Waals surface area contributed by atoms with Gasteiger partial charge in [0.1, 0.15) is 5.60 Å². The summed E-state index contributed by atoms with van der Waals surface area (Å²) in [4.78, 5) is 35.2. The van der Waals surface area contributed by atoms with Gasteiger partial charge in [-0.1, -0.05) is 0 Å². The molecule has 1 fully saturated rings. The zero-order valence-electron chi connectivity index (χ0n) is 10.6. The van der Waals surface area contributed by atoms with Crippen LogP contribution >= 0.6 is 0 Å². The lowest BCUT2D eigenvalue weighted by atomic mass is 9.98. The molecule has 7 heteroatoms. The summed E-state index contributed by atoms with van der Waals surface area (Å²) < 4.78 is 4.99. The summed E-state index contributed by atoms with van der Waals surface area (Å²) in [6.07, 6.45) is -1.26. The van der Waals surface area contributed by atoms with Crippen molar-refractivity contribution in [3.63, 3.8) is 0 Å². The van der Waals surface area contributed by atoms with Gasteiger partial charge in [0.25, 0.3) is 0 Å². The third kappa shape index (κ3) is 2.45. The average Bonchev–Trinajstić information content (AvgIpc) is 2.53. The molecule has 1 rings (SSSR count). The first kappa shape index (κ1) is 14.4. The highest BCUT2D eigenvalue weighted by atomic mass is 16.6. The molecule has 102 valence electrons. The van der Waals surface area contributed by atoms with Crippen LogP contribution in [-0.2, 0) is 14.3 Å². The molecule has 1 atom stereocenters. The maximum absolute atomic E-state index is 11.9. The molecule has 1 heterocycles. The van der Waals surface area contributed by atoms with Crippen LogP contribution in [0.5, 0.6) is 0 Å². The summed E-state index contributed by atoms with van der Waals surface area (Å²) in [5.74, 6) is -2.07. The number of carbonyl (C=O) groups is 3. The van der Waals surface area contributed by atoms with Crippen molar-refractivity contribution < 1.29 is 29.3 Å². The molecular formula is C11H17NO6. The van der Waals surface area contributed by atoms with Crippen molar-refractivity contribution in [2.24, 2.45) is 0 Å². The SMILES string of the molecule is CC(C)(C)OC(=O)N1C(=O)CC[C@@]1(CO)C(=O)O. The van der Waals surface area contributed by atoms with Gasteiger partial charge < -0.3 is 14.9 Å². The molecule has 0 saturated carbocycles. The number of hydrogen-bond acceptors (Lipinski definition) is 5. The first-order valence-electron chi connectivity index (χ1n) is 5.54. The minimum atomic E-state index is -1.90. The van der Waals surface area contributed by atoms with E-state index in [-0.39, 0.29) is 12.8 Å². The Hall–Kier alpha value is -1.63. The Kier molecular flexibility index (Phi) is 3.66. The molecule has 0 aliphatic carbocycles. The van der Waals surface area contributed by atoms with Gasteiger partial charge in [0, 0.05) is 6.42 Å². The van der Waals surface area contributed by atoms with E-state index >= 15 is 0 Å². The van der Waals surface area contributed by atoms with Crippen molar-refractivity contribution in [3.05, 3.63) is 0 Å². The zero-order valence-corrected chi connectivity index (χ0v) is 10.6. The molecule has 0 aromatic rings. The maximum Gasteiger partial charge on any atom is 0.418 e. The standard InChI is InChI=1S/C11H17NO6/c1-10(2,3)18-9(17)12-7(14)4-5-11(12,6-13)8(15)16/h13H,4-6H2,1-3H3,(H,15,16)/t11-/m1/s1. The summed E-state index contributed by atoms with van der Waals surface area (Å²) >= 11 is 0. The van der Waals surface area contributed by atoms with Crippen LogP contribution in [-0.4, -0.2) is 50.8 Å². The number of aliphatic hydroxyl groups is 1. The number of carboxylic acid groups (broad SMARTS) is 1. The fourth-order valence-electron chi connectivity index (χ4n) is 1.78. The highest BCUT2D eigenvalue weighted by Crippen LogP contribution is 2.32. The van der Waals surface area contributed by atoms with E-state index in [1.165, 1.54) is 0 Å². The Bertz CT molecular complexity index is 385. The van der Waals surface area contributed by atoms with Gasteiger partial charge in [-0.2, -0.15) is 0 Å². The second-order valence-corrected chi connectivity index (χ2v) is 5.20. The lowest BCUT2D eigenvalue weighted by molar-refractivity contribution is -0.156. The normalized spacial score (nSPS) is 24.2. The van der Waals surface area contributed by atoms with Crippen LogP contribution in [0.4, 0.5) is 4.79 Å². The fourth-order valence-corrected chi connectivity index (χ4v) is 1.78. The quantitative estimate of drug-likeness (QED) is 0.742. The number of carbonyl (C=O) groups excluding carboxylic acids is 2. The summed E-state index contributed by atoms with van der Waals surface area (Å²) in [7, 11) is 0. The zero-order chi connectivity index (χ0) is 14.1. The first-order chi connectivity index (χ1) is 8.14. The molecule has 0 bridgehead atoms. The van der Waals surface area contributed by atoms with Crippen molar-refractivity contribution in [3.8, 4) is 0 Å². The first-order valence-corrected chi connectivity index (χ1v) is 5.54. The van der Waals surface area contributed by atoms with Gasteiger partial charge in [-0.3, -0.25) is 4.79 Å². The number of aliphatic hydroxyl groups excluding tert-OH is 1. The van der Waals surface area contributed by atoms with E-state index < -0.39 is 35.7 Å². The largest absolute Gasteiger partial charge is 0.479 e. The molecule has 1 aliphatic heterocycles. The minimum Gasteiger partial charge on any atom is -0.479 e.